The lowest BCUT2D eigenvalue weighted by Gasteiger charge is -2.08. The van der Waals surface area contributed by atoms with E-state index in [1.165, 1.54) is 5.56 Å². The van der Waals surface area contributed by atoms with Crippen molar-refractivity contribution in [3.8, 4) is 0 Å². The fourth-order valence-electron chi connectivity index (χ4n) is 2.30. The standard InChI is InChI=1S/C17H15NOS/c1-11-7-8-15(12(2)9-11)18-17(19)14-10-20-16-6-4-3-5-13(14)16/h3-10H,1-2H3,(H,18,19). The molecule has 0 aliphatic rings. The van der Waals surface area contributed by atoms with Crippen LogP contribution < -0.4 is 5.32 Å². The summed E-state index contributed by atoms with van der Waals surface area (Å²) in [7, 11) is 0. The van der Waals surface area contributed by atoms with Crippen molar-refractivity contribution < 1.29 is 4.79 Å². The molecule has 1 amide bonds. The van der Waals surface area contributed by atoms with Gasteiger partial charge in [0.1, 0.15) is 0 Å². The van der Waals surface area contributed by atoms with Crippen LogP contribution in [0.25, 0.3) is 10.1 Å². The van der Waals surface area contributed by atoms with Crippen molar-refractivity contribution in [3.05, 3.63) is 64.5 Å². The summed E-state index contributed by atoms with van der Waals surface area (Å²) in [5.74, 6) is -0.0468. The Balaban J connectivity index is 1.93. The molecule has 1 heterocycles. The molecule has 0 aliphatic heterocycles. The summed E-state index contributed by atoms with van der Waals surface area (Å²) >= 11 is 1.60. The Morgan fingerprint density at radius 3 is 2.70 bits per heavy atom. The van der Waals surface area contributed by atoms with E-state index >= 15 is 0 Å². The average molecular weight is 281 g/mol. The third-order valence-corrected chi connectivity index (χ3v) is 4.32. The summed E-state index contributed by atoms with van der Waals surface area (Å²) in [6.07, 6.45) is 0. The lowest BCUT2D eigenvalue weighted by atomic mass is 10.1. The number of thiophene rings is 1. The lowest BCUT2D eigenvalue weighted by Crippen LogP contribution is -2.12. The predicted octanol–water partition coefficient (Wildman–Crippen LogP) is 4.77. The van der Waals surface area contributed by atoms with E-state index in [4.69, 9.17) is 0 Å². The number of fused-ring (bicyclic) bond motifs is 1. The first-order valence-corrected chi connectivity index (χ1v) is 7.38. The number of nitrogens with one attached hydrogen (secondary N) is 1. The van der Waals surface area contributed by atoms with E-state index in [9.17, 15) is 4.79 Å². The molecule has 0 saturated heterocycles. The van der Waals surface area contributed by atoms with Crippen molar-refractivity contribution in [3.63, 3.8) is 0 Å². The number of carbonyl (C=O) groups excluding carboxylic acids is 1. The minimum atomic E-state index is -0.0468. The number of amides is 1. The molecule has 0 spiro atoms. The summed E-state index contributed by atoms with van der Waals surface area (Å²) in [6.45, 7) is 4.05. The van der Waals surface area contributed by atoms with Crippen LogP contribution in [0.3, 0.4) is 0 Å². The first-order valence-electron chi connectivity index (χ1n) is 6.50. The van der Waals surface area contributed by atoms with Gasteiger partial charge in [0.25, 0.3) is 5.91 Å². The monoisotopic (exact) mass is 281 g/mol. The molecular weight excluding hydrogens is 266 g/mol. The fraction of sp³-hybridized carbons (Fsp3) is 0.118. The van der Waals surface area contributed by atoms with Crippen LogP contribution in [0.4, 0.5) is 5.69 Å². The second kappa shape index (κ2) is 5.10. The van der Waals surface area contributed by atoms with Crippen molar-refractivity contribution in [2.24, 2.45) is 0 Å². The smallest absolute Gasteiger partial charge is 0.257 e. The quantitative estimate of drug-likeness (QED) is 0.720. The van der Waals surface area contributed by atoms with Gasteiger partial charge in [-0.25, -0.2) is 0 Å². The molecule has 3 aromatic rings. The number of benzene rings is 2. The van der Waals surface area contributed by atoms with Crippen LogP contribution in [0.2, 0.25) is 0 Å². The van der Waals surface area contributed by atoms with Crippen LogP contribution in [0, 0.1) is 13.8 Å². The minimum absolute atomic E-state index is 0.0468. The zero-order chi connectivity index (χ0) is 14.1. The maximum atomic E-state index is 12.4. The normalized spacial score (nSPS) is 10.7. The highest BCUT2D eigenvalue weighted by Crippen LogP contribution is 2.26. The van der Waals surface area contributed by atoms with Crippen LogP contribution in [0.5, 0.6) is 0 Å². The Morgan fingerprint density at radius 1 is 1.10 bits per heavy atom. The molecule has 0 radical (unpaired) electrons. The van der Waals surface area contributed by atoms with E-state index in [1.54, 1.807) is 11.3 Å². The summed E-state index contributed by atoms with van der Waals surface area (Å²) in [5.41, 5.74) is 3.89. The number of rotatable bonds is 2. The molecule has 1 N–H and O–H groups in total. The van der Waals surface area contributed by atoms with E-state index in [0.29, 0.717) is 0 Å². The maximum Gasteiger partial charge on any atom is 0.257 e. The van der Waals surface area contributed by atoms with Gasteiger partial charge in [-0.05, 0) is 31.5 Å². The van der Waals surface area contributed by atoms with Crippen LogP contribution >= 0.6 is 11.3 Å². The lowest BCUT2D eigenvalue weighted by molar-refractivity contribution is 0.102. The second-order valence-corrected chi connectivity index (χ2v) is 5.83. The van der Waals surface area contributed by atoms with Crippen molar-refractivity contribution in [2.45, 2.75) is 13.8 Å². The topological polar surface area (TPSA) is 29.1 Å². The molecule has 0 unspecified atom stereocenters. The van der Waals surface area contributed by atoms with E-state index < -0.39 is 0 Å². The van der Waals surface area contributed by atoms with Crippen LogP contribution in [-0.4, -0.2) is 5.91 Å². The molecule has 0 fully saturated rings. The highest BCUT2D eigenvalue weighted by molar-refractivity contribution is 7.17. The third kappa shape index (κ3) is 2.32. The van der Waals surface area contributed by atoms with Gasteiger partial charge in [-0.2, -0.15) is 0 Å². The number of hydrogen-bond acceptors (Lipinski definition) is 2. The first-order chi connectivity index (χ1) is 9.65. The van der Waals surface area contributed by atoms with Crippen LogP contribution in [0.15, 0.2) is 47.8 Å². The Morgan fingerprint density at radius 2 is 1.90 bits per heavy atom. The van der Waals surface area contributed by atoms with Gasteiger partial charge < -0.3 is 5.32 Å². The summed E-state index contributed by atoms with van der Waals surface area (Å²) in [4.78, 5) is 12.4. The van der Waals surface area contributed by atoms with Crippen LogP contribution in [0.1, 0.15) is 21.5 Å². The summed E-state index contributed by atoms with van der Waals surface area (Å²) in [5, 5.41) is 5.93. The molecule has 2 nitrogen and oxygen atoms in total. The Labute approximate surface area is 122 Å². The highest BCUT2D eigenvalue weighted by atomic mass is 32.1. The SMILES string of the molecule is Cc1ccc(NC(=O)c2csc3ccccc23)c(C)c1. The van der Waals surface area contributed by atoms with Gasteiger partial charge >= 0.3 is 0 Å². The molecule has 0 bridgehead atoms. The fourth-order valence-corrected chi connectivity index (χ4v) is 3.24. The van der Waals surface area contributed by atoms with Crippen molar-refractivity contribution >= 4 is 33.0 Å². The van der Waals surface area contributed by atoms with Gasteiger partial charge in [-0.3, -0.25) is 4.79 Å². The van der Waals surface area contributed by atoms with Crippen molar-refractivity contribution in [1.29, 1.82) is 0 Å². The highest BCUT2D eigenvalue weighted by Gasteiger charge is 2.12. The van der Waals surface area contributed by atoms with Crippen molar-refractivity contribution in [2.75, 3.05) is 5.32 Å². The maximum absolute atomic E-state index is 12.4. The van der Waals surface area contributed by atoms with Gasteiger partial charge in [-0.1, -0.05) is 35.9 Å². The molecule has 0 atom stereocenters. The molecular formula is C17H15NOS. The molecule has 0 saturated carbocycles. The van der Waals surface area contributed by atoms with Gasteiger partial charge in [0.15, 0.2) is 0 Å². The zero-order valence-electron chi connectivity index (χ0n) is 11.4. The molecule has 2 aromatic carbocycles. The minimum Gasteiger partial charge on any atom is -0.322 e. The molecule has 1 aromatic heterocycles. The van der Waals surface area contributed by atoms with E-state index in [0.717, 1.165) is 26.9 Å². The van der Waals surface area contributed by atoms with Crippen LogP contribution in [-0.2, 0) is 0 Å². The van der Waals surface area contributed by atoms with Crippen molar-refractivity contribution in [1.82, 2.24) is 0 Å². The van der Waals surface area contributed by atoms with Gasteiger partial charge in [0, 0.05) is 21.2 Å². The third-order valence-electron chi connectivity index (χ3n) is 3.36. The van der Waals surface area contributed by atoms with Gasteiger partial charge in [-0.15, -0.1) is 11.3 Å². The van der Waals surface area contributed by atoms with E-state index in [1.807, 2.05) is 55.6 Å². The van der Waals surface area contributed by atoms with E-state index in [2.05, 4.69) is 11.4 Å². The van der Waals surface area contributed by atoms with E-state index in [-0.39, 0.29) is 5.91 Å². The Hall–Kier alpha value is -2.13. The molecule has 100 valence electrons. The second-order valence-electron chi connectivity index (χ2n) is 4.92. The number of anilines is 1. The average Bonchev–Trinajstić information content (AvgIpc) is 2.86. The predicted molar refractivity (Wildman–Crippen MR) is 85.7 cm³/mol. The summed E-state index contributed by atoms with van der Waals surface area (Å²) < 4.78 is 1.14. The molecule has 3 heteroatoms. The Bertz CT molecular complexity index is 789. The largest absolute Gasteiger partial charge is 0.322 e. The summed E-state index contributed by atoms with van der Waals surface area (Å²) in [6, 6.07) is 14.0. The molecule has 0 aliphatic carbocycles. The Kier molecular flexibility index (Phi) is 3.28. The zero-order valence-corrected chi connectivity index (χ0v) is 12.3. The first kappa shape index (κ1) is 12.9. The van der Waals surface area contributed by atoms with Gasteiger partial charge in [0.05, 0.1) is 5.56 Å². The number of carbonyl (C=O) groups is 1. The van der Waals surface area contributed by atoms with Gasteiger partial charge in [0.2, 0.25) is 0 Å². The number of aryl methyl sites for hydroxylation is 2. The molecule has 3 rings (SSSR count). The molecule has 20 heavy (non-hydrogen) atoms. The number of hydrogen-bond donors (Lipinski definition) is 1.